The van der Waals surface area contributed by atoms with Crippen molar-refractivity contribution in [3.63, 3.8) is 0 Å². The van der Waals surface area contributed by atoms with Crippen molar-refractivity contribution in [2.75, 3.05) is 13.1 Å². The number of aliphatic imine (C=N–C) groups is 2. The number of hydrogen-bond donors (Lipinski definition) is 0. The molecular weight excluding hydrogens is 172 g/mol. The first-order valence-corrected chi connectivity index (χ1v) is 4.96. The Bertz CT molecular complexity index is 298. The van der Waals surface area contributed by atoms with Gasteiger partial charge in [-0.2, -0.15) is 0 Å². The summed E-state index contributed by atoms with van der Waals surface area (Å²) < 4.78 is 0. The lowest BCUT2D eigenvalue weighted by atomic mass is 10.1. The van der Waals surface area contributed by atoms with Crippen LogP contribution in [0.5, 0.6) is 0 Å². The van der Waals surface area contributed by atoms with E-state index in [0.717, 1.165) is 24.2 Å². The molecule has 2 heteroatoms. The second kappa shape index (κ2) is 6.08. The van der Waals surface area contributed by atoms with E-state index in [1.54, 1.807) is 0 Å². The van der Waals surface area contributed by atoms with E-state index in [1.807, 2.05) is 44.5 Å². The second-order valence-electron chi connectivity index (χ2n) is 2.93. The maximum Gasteiger partial charge on any atom is 0.0361 e. The molecule has 0 saturated heterocycles. The summed E-state index contributed by atoms with van der Waals surface area (Å²) >= 11 is 0. The first kappa shape index (κ1) is 10.6. The van der Waals surface area contributed by atoms with Crippen LogP contribution in [0.15, 0.2) is 34.3 Å². The van der Waals surface area contributed by atoms with Gasteiger partial charge < -0.3 is 0 Å². The van der Waals surface area contributed by atoms with Crippen molar-refractivity contribution in [3.8, 4) is 0 Å². The fourth-order valence-electron chi connectivity index (χ4n) is 1.11. The third kappa shape index (κ3) is 3.52. The molecule has 0 aliphatic heterocycles. The Morgan fingerprint density at radius 2 is 1.50 bits per heavy atom. The Hall–Kier alpha value is -1.44. The molecule has 0 aliphatic carbocycles. The molecule has 0 amide bonds. The van der Waals surface area contributed by atoms with Gasteiger partial charge in [-0.25, -0.2) is 0 Å². The van der Waals surface area contributed by atoms with E-state index in [9.17, 15) is 0 Å². The molecular formula is C12H16N2. The van der Waals surface area contributed by atoms with Crippen molar-refractivity contribution < 1.29 is 0 Å². The lowest BCUT2D eigenvalue weighted by Gasteiger charge is -1.95. The zero-order chi connectivity index (χ0) is 10.2. The van der Waals surface area contributed by atoms with Gasteiger partial charge in [0, 0.05) is 25.5 Å². The molecule has 0 radical (unpaired) electrons. The van der Waals surface area contributed by atoms with Crippen LogP contribution < -0.4 is 0 Å². The van der Waals surface area contributed by atoms with Crippen molar-refractivity contribution in [3.05, 3.63) is 35.4 Å². The van der Waals surface area contributed by atoms with Gasteiger partial charge in [0.15, 0.2) is 0 Å². The molecule has 0 unspecified atom stereocenters. The predicted molar refractivity (Wildman–Crippen MR) is 62.7 cm³/mol. The summed E-state index contributed by atoms with van der Waals surface area (Å²) in [4.78, 5) is 8.39. The summed E-state index contributed by atoms with van der Waals surface area (Å²) in [5, 5.41) is 0. The van der Waals surface area contributed by atoms with Gasteiger partial charge in [-0.05, 0) is 31.0 Å². The molecule has 0 saturated carbocycles. The van der Waals surface area contributed by atoms with Crippen molar-refractivity contribution in [1.82, 2.24) is 0 Å². The van der Waals surface area contributed by atoms with Gasteiger partial charge >= 0.3 is 0 Å². The van der Waals surface area contributed by atoms with Gasteiger partial charge in [-0.1, -0.05) is 18.2 Å². The molecule has 0 fully saturated rings. The standard InChI is InChI=1S/C12H16N2/c1-3-13-9-11-6-5-7-12(8-11)10-14-4-2/h5-10H,3-4H2,1-2H3. The van der Waals surface area contributed by atoms with Gasteiger partial charge in [-0.3, -0.25) is 9.98 Å². The van der Waals surface area contributed by atoms with Crippen molar-refractivity contribution in [1.29, 1.82) is 0 Å². The Morgan fingerprint density at radius 3 is 1.93 bits per heavy atom. The minimum atomic E-state index is 0.827. The molecule has 1 aromatic carbocycles. The van der Waals surface area contributed by atoms with E-state index in [0.29, 0.717) is 0 Å². The molecule has 0 aromatic heterocycles. The van der Waals surface area contributed by atoms with Gasteiger partial charge in [0.2, 0.25) is 0 Å². The predicted octanol–water partition coefficient (Wildman–Crippen LogP) is 2.56. The molecule has 0 N–H and O–H groups in total. The normalized spacial score (nSPS) is 11.6. The lowest BCUT2D eigenvalue weighted by Crippen LogP contribution is -1.87. The van der Waals surface area contributed by atoms with Crippen LogP contribution in [-0.2, 0) is 0 Å². The summed E-state index contributed by atoms with van der Waals surface area (Å²) in [7, 11) is 0. The fourth-order valence-corrected chi connectivity index (χ4v) is 1.11. The average molecular weight is 188 g/mol. The molecule has 0 aliphatic rings. The number of rotatable bonds is 4. The molecule has 0 heterocycles. The smallest absolute Gasteiger partial charge is 0.0361 e. The molecule has 0 spiro atoms. The van der Waals surface area contributed by atoms with E-state index >= 15 is 0 Å². The van der Waals surface area contributed by atoms with Crippen LogP contribution in [0.25, 0.3) is 0 Å². The van der Waals surface area contributed by atoms with Gasteiger partial charge in [0.1, 0.15) is 0 Å². The SMILES string of the molecule is CCN=Cc1cccc(C=NCC)c1. The Morgan fingerprint density at radius 1 is 1.00 bits per heavy atom. The number of hydrogen-bond acceptors (Lipinski definition) is 2. The number of benzene rings is 1. The van der Waals surface area contributed by atoms with Gasteiger partial charge in [-0.15, -0.1) is 0 Å². The molecule has 74 valence electrons. The van der Waals surface area contributed by atoms with Gasteiger partial charge in [0.05, 0.1) is 0 Å². The highest BCUT2D eigenvalue weighted by molar-refractivity contribution is 5.86. The van der Waals surface area contributed by atoms with Crippen molar-refractivity contribution >= 4 is 12.4 Å². The van der Waals surface area contributed by atoms with Crippen LogP contribution in [-0.4, -0.2) is 25.5 Å². The van der Waals surface area contributed by atoms with Crippen LogP contribution in [0.4, 0.5) is 0 Å². The van der Waals surface area contributed by atoms with E-state index in [1.165, 1.54) is 0 Å². The van der Waals surface area contributed by atoms with Crippen LogP contribution >= 0.6 is 0 Å². The Labute approximate surface area is 85.4 Å². The largest absolute Gasteiger partial charge is 0.293 e. The minimum absolute atomic E-state index is 0.827. The Balaban J connectivity index is 2.78. The minimum Gasteiger partial charge on any atom is -0.293 e. The highest BCUT2D eigenvalue weighted by atomic mass is 14.7. The lowest BCUT2D eigenvalue weighted by molar-refractivity contribution is 1.14. The zero-order valence-electron chi connectivity index (χ0n) is 8.77. The van der Waals surface area contributed by atoms with Crippen molar-refractivity contribution in [2.45, 2.75) is 13.8 Å². The van der Waals surface area contributed by atoms with Crippen LogP contribution in [0.2, 0.25) is 0 Å². The highest BCUT2D eigenvalue weighted by Gasteiger charge is 1.89. The molecule has 0 bridgehead atoms. The molecule has 2 nitrogen and oxygen atoms in total. The van der Waals surface area contributed by atoms with Crippen LogP contribution in [0, 0.1) is 0 Å². The van der Waals surface area contributed by atoms with Crippen molar-refractivity contribution in [2.24, 2.45) is 9.98 Å². The van der Waals surface area contributed by atoms with Gasteiger partial charge in [0.25, 0.3) is 0 Å². The van der Waals surface area contributed by atoms with E-state index in [-0.39, 0.29) is 0 Å². The van der Waals surface area contributed by atoms with Crippen LogP contribution in [0.3, 0.4) is 0 Å². The fraction of sp³-hybridized carbons (Fsp3) is 0.333. The maximum atomic E-state index is 4.19. The third-order valence-corrected chi connectivity index (χ3v) is 1.76. The summed E-state index contributed by atoms with van der Waals surface area (Å²) in [6.07, 6.45) is 3.78. The van der Waals surface area contributed by atoms with Crippen LogP contribution in [0.1, 0.15) is 25.0 Å². The summed E-state index contributed by atoms with van der Waals surface area (Å²) in [6, 6.07) is 8.19. The molecule has 14 heavy (non-hydrogen) atoms. The molecule has 1 rings (SSSR count). The quantitative estimate of drug-likeness (QED) is 0.649. The second-order valence-corrected chi connectivity index (χ2v) is 2.93. The number of nitrogens with zero attached hydrogens (tertiary/aromatic N) is 2. The van der Waals surface area contributed by atoms with E-state index in [4.69, 9.17) is 0 Å². The summed E-state index contributed by atoms with van der Waals surface area (Å²) in [6.45, 7) is 5.71. The highest BCUT2D eigenvalue weighted by Crippen LogP contribution is 2.00. The third-order valence-electron chi connectivity index (χ3n) is 1.76. The molecule has 1 aromatic rings. The first-order chi connectivity index (χ1) is 6.86. The maximum absolute atomic E-state index is 4.19. The molecule has 0 atom stereocenters. The Kier molecular flexibility index (Phi) is 4.62. The summed E-state index contributed by atoms with van der Waals surface area (Å²) in [5.41, 5.74) is 2.26. The topological polar surface area (TPSA) is 24.7 Å². The van der Waals surface area contributed by atoms with E-state index < -0.39 is 0 Å². The van der Waals surface area contributed by atoms with E-state index in [2.05, 4.69) is 16.1 Å². The summed E-state index contributed by atoms with van der Waals surface area (Å²) in [5.74, 6) is 0. The monoisotopic (exact) mass is 188 g/mol. The first-order valence-electron chi connectivity index (χ1n) is 4.96. The average Bonchev–Trinajstić information content (AvgIpc) is 2.24. The zero-order valence-corrected chi connectivity index (χ0v) is 8.77.